The van der Waals surface area contributed by atoms with Gasteiger partial charge in [0.05, 0.1) is 18.1 Å². The number of thioether (sulfide) groups is 1. The van der Waals surface area contributed by atoms with E-state index in [4.69, 9.17) is 5.14 Å². The molecular formula is C15H26N4O7S2. The number of nitrogens with two attached hydrogens (primary N) is 1. The van der Waals surface area contributed by atoms with Crippen molar-refractivity contribution in [2.75, 3.05) is 13.1 Å². The minimum atomic E-state index is -3.76. The molecule has 0 aromatic heterocycles. The van der Waals surface area contributed by atoms with Gasteiger partial charge >= 0.3 is 5.97 Å². The molecular weight excluding hydrogens is 412 g/mol. The largest absolute Gasteiger partial charge is 0.477 e. The first kappa shape index (κ1) is 23.1. The number of fused-ring (bicyclic) bond motifs is 1. The molecule has 0 saturated carbocycles. The van der Waals surface area contributed by atoms with Crippen LogP contribution in [0.1, 0.15) is 20.3 Å². The average molecular weight is 439 g/mol. The predicted molar refractivity (Wildman–Crippen MR) is 102 cm³/mol. The fourth-order valence-corrected chi connectivity index (χ4v) is 6.05. The lowest BCUT2D eigenvalue weighted by molar-refractivity contribution is -0.163. The van der Waals surface area contributed by atoms with Gasteiger partial charge in [0.2, 0.25) is 5.91 Å². The van der Waals surface area contributed by atoms with E-state index in [0.717, 1.165) is 0 Å². The third-order valence-corrected chi connectivity index (χ3v) is 7.40. The zero-order valence-corrected chi connectivity index (χ0v) is 17.1. The molecule has 3 rings (SSSR count). The molecule has 0 aromatic rings. The maximum atomic E-state index is 12.3. The van der Waals surface area contributed by atoms with E-state index in [1.165, 1.54) is 16.7 Å². The second kappa shape index (κ2) is 8.26. The summed E-state index contributed by atoms with van der Waals surface area (Å²) >= 11 is 1.41. The van der Waals surface area contributed by atoms with Crippen LogP contribution < -0.4 is 15.2 Å². The zero-order chi connectivity index (χ0) is 20.1. The molecule has 160 valence electrons. The van der Waals surface area contributed by atoms with Gasteiger partial charge in [0.1, 0.15) is 5.70 Å². The summed E-state index contributed by atoms with van der Waals surface area (Å²) in [7, 11) is -3.76. The number of rotatable bonds is 7. The van der Waals surface area contributed by atoms with Gasteiger partial charge in [-0.2, -0.15) is 8.42 Å². The Morgan fingerprint density at radius 3 is 2.68 bits per heavy atom. The number of amides is 1. The molecule has 1 unspecified atom stereocenters. The van der Waals surface area contributed by atoms with Crippen molar-refractivity contribution in [3.8, 4) is 0 Å². The Morgan fingerprint density at radius 2 is 2.14 bits per heavy atom. The summed E-state index contributed by atoms with van der Waals surface area (Å²) in [6, 6.07) is -0.435. The summed E-state index contributed by atoms with van der Waals surface area (Å²) < 4.78 is 24.3. The van der Waals surface area contributed by atoms with Crippen molar-refractivity contribution < 1.29 is 33.7 Å². The fourth-order valence-electron chi connectivity index (χ4n) is 4.10. The van der Waals surface area contributed by atoms with Crippen molar-refractivity contribution in [2.45, 2.75) is 43.7 Å². The maximum absolute atomic E-state index is 12.3. The third kappa shape index (κ3) is 4.20. The lowest BCUT2D eigenvalue weighted by atomic mass is 9.79. The number of aliphatic hydroxyl groups excluding tert-OH is 1. The standard InChI is InChI=1S/C15H24N4O6S2.H2O/c1-6-11-10(7(2)20)14(21)19(11)12(15(22)23)13(6)26-9-3-8(17-5-9)4-18-27(16,24)25;/h6-11,17-18,20H,3-5H2,1-2H3,(H,22,23)(H2,16,24,25);1H2/t6-,7?,8+,9+,10-,11-;/m1./s1. The van der Waals surface area contributed by atoms with E-state index in [9.17, 15) is 28.2 Å². The fraction of sp³-hybridized carbons (Fsp3) is 0.733. The van der Waals surface area contributed by atoms with Gasteiger partial charge in [0.15, 0.2) is 0 Å². The molecule has 13 heteroatoms. The lowest BCUT2D eigenvalue weighted by Crippen LogP contribution is -2.63. The molecule has 0 bridgehead atoms. The van der Waals surface area contributed by atoms with Gasteiger partial charge in [-0.15, -0.1) is 11.8 Å². The van der Waals surface area contributed by atoms with Crippen LogP contribution in [0.4, 0.5) is 0 Å². The molecule has 28 heavy (non-hydrogen) atoms. The van der Waals surface area contributed by atoms with E-state index in [2.05, 4.69) is 10.0 Å². The second-order valence-corrected chi connectivity index (χ2v) is 9.97. The number of carboxylic acid groups (broad SMARTS) is 1. The van der Waals surface area contributed by atoms with Crippen LogP contribution >= 0.6 is 11.8 Å². The Bertz CT molecular complexity index is 785. The first-order chi connectivity index (χ1) is 12.5. The minimum absolute atomic E-state index is 0. The van der Waals surface area contributed by atoms with E-state index in [0.29, 0.717) is 17.9 Å². The van der Waals surface area contributed by atoms with Crippen LogP contribution in [-0.4, -0.2) is 77.4 Å². The van der Waals surface area contributed by atoms with Gasteiger partial charge in [-0.1, -0.05) is 6.92 Å². The van der Waals surface area contributed by atoms with E-state index < -0.39 is 28.2 Å². The quantitative estimate of drug-likeness (QED) is 0.271. The minimum Gasteiger partial charge on any atom is -0.477 e. The van der Waals surface area contributed by atoms with Crippen LogP contribution in [0.3, 0.4) is 0 Å². The Hall–Kier alpha value is -1.22. The van der Waals surface area contributed by atoms with Crippen LogP contribution in [0.5, 0.6) is 0 Å². The summed E-state index contributed by atoms with van der Waals surface area (Å²) in [6.45, 7) is 4.17. The molecule has 11 nitrogen and oxygen atoms in total. The normalized spacial score (nSPS) is 33.4. The molecule has 0 spiro atoms. The molecule has 0 radical (unpaired) electrons. The summed E-state index contributed by atoms with van der Waals surface area (Å²) in [5.74, 6) is -2.27. The lowest BCUT2D eigenvalue weighted by Gasteiger charge is -2.46. The number of carboxylic acids is 1. The molecule has 3 aliphatic rings. The molecule has 0 aromatic carbocycles. The Labute approximate surface area is 167 Å². The molecule has 2 saturated heterocycles. The number of β-lactam (4-membered cyclic amide) rings is 1. The number of aliphatic carboxylic acids is 1. The number of nitrogens with one attached hydrogen (secondary N) is 2. The van der Waals surface area contributed by atoms with Crippen molar-refractivity contribution in [2.24, 2.45) is 17.0 Å². The SMILES string of the molecule is CC(O)[C@H]1C(=O)N2C(C(=O)O)=C(S[C@@H]3CN[C@H](CNS(N)(=O)=O)C3)[C@H](C)[C@H]12.O. The van der Waals surface area contributed by atoms with Gasteiger partial charge in [0, 0.05) is 35.2 Å². The molecule has 3 aliphatic heterocycles. The van der Waals surface area contributed by atoms with Crippen molar-refractivity contribution in [3.63, 3.8) is 0 Å². The zero-order valence-electron chi connectivity index (χ0n) is 15.5. The Morgan fingerprint density at radius 1 is 1.50 bits per heavy atom. The van der Waals surface area contributed by atoms with Gasteiger partial charge in [0.25, 0.3) is 10.2 Å². The Balaban J connectivity index is 0.00000280. The first-order valence-electron chi connectivity index (χ1n) is 8.67. The van der Waals surface area contributed by atoms with Crippen molar-refractivity contribution in [1.82, 2.24) is 14.9 Å². The van der Waals surface area contributed by atoms with Crippen LogP contribution in [-0.2, 0) is 19.8 Å². The number of nitrogens with zero attached hydrogens (tertiary/aromatic N) is 1. The highest BCUT2D eigenvalue weighted by Gasteiger charge is 2.60. The first-order valence-corrected chi connectivity index (χ1v) is 11.1. The van der Waals surface area contributed by atoms with Crippen LogP contribution in [0, 0.1) is 11.8 Å². The number of carbonyl (C=O) groups excluding carboxylic acids is 1. The van der Waals surface area contributed by atoms with E-state index in [1.54, 1.807) is 6.92 Å². The predicted octanol–water partition coefficient (Wildman–Crippen LogP) is -2.43. The molecule has 6 atom stereocenters. The maximum Gasteiger partial charge on any atom is 0.353 e. The highest BCUT2D eigenvalue weighted by atomic mass is 32.2. The summed E-state index contributed by atoms with van der Waals surface area (Å²) in [5.41, 5.74) is 0.00510. The smallest absolute Gasteiger partial charge is 0.353 e. The highest BCUT2D eigenvalue weighted by Crippen LogP contribution is 2.51. The topological polar surface area (TPSA) is 194 Å². The second-order valence-electron chi connectivity index (χ2n) is 7.25. The number of hydrogen-bond acceptors (Lipinski definition) is 7. The molecule has 2 fully saturated rings. The molecule has 3 heterocycles. The summed E-state index contributed by atoms with van der Waals surface area (Å²) in [5, 5.41) is 27.7. The Kier molecular flexibility index (Phi) is 6.80. The van der Waals surface area contributed by atoms with Gasteiger partial charge in [-0.05, 0) is 13.3 Å². The highest BCUT2D eigenvalue weighted by molar-refractivity contribution is 8.03. The van der Waals surface area contributed by atoms with Crippen LogP contribution in [0.2, 0.25) is 0 Å². The molecule has 0 aliphatic carbocycles. The molecule has 1 amide bonds. The van der Waals surface area contributed by atoms with Crippen molar-refractivity contribution in [1.29, 1.82) is 0 Å². The van der Waals surface area contributed by atoms with E-state index in [1.807, 2.05) is 6.92 Å². The monoisotopic (exact) mass is 438 g/mol. The number of carbonyl (C=O) groups is 2. The summed E-state index contributed by atoms with van der Waals surface area (Å²) in [6.07, 6.45) is -0.197. The van der Waals surface area contributed by atoms with Gasteiger partial charge < -0.3 is 25.9 Å². The number of aliphatic hydroxyl groups is 1. The van der Waals surface area contributed by atoms with Crippen LogP contribution in [0.25, 0.3) is 0 Å². The van der Waals surface area contributed by atoms with Crippen molar-refractivity contribution in [3.05, 3.63) is 10.6 Å². The van der Waals surface area contributed by atoms with E-state index in [-0.39, 0.29) is 46.9 Å². The van der Waals surface area contributed by atoms with Gasteiger partial charge in [-0.25, -0.2) is 14.7 Å². The summed E-state index contributed by atoms with van der Waals surface area (Å²) in [4.78, 5) is 26.1. The van der Waals surface area contributed by atoms with E-state index >= 15 is 0 Å². The number of hydrogen-bond donors (Lipinski definition) is 5. The average Bonchev–Trinajstić information content (AvgIpc) is 3.07. The van der Waals surface area contributed by atoms with Crippen molar-refractivity contribution >= 4 is 33.8 Å². The molecule has 8 N–H and O–H groups in total. The van der Waals surface area contributed by atoms with Crippen LogP contribution in [0.15, 0.2) is 10.6 Å². The third-order valence-electron chi connectivity index (χ3n) is 5.32. The van der Waals surface area contributed by atoms with Gasteiger partial charge in [-0.3, -0.25) is 4.79 Å².